The first-order chi connectivity index (χ1) is 12.7. The van der Waals surface area contributed by atoms with Crippen molar-refractivity contribution in [1.82, 2.24) is 14.5 Å². The molecule has 0 bridgehead atoms. The average molecular weight is 448 g/mol. The predicted octanol–water partition coefficient (Wildman–Crippen LogP) is 5.19. The van der Waals surface area contributed by atoms with Gasteiger partial charge in [-0.05, 0) is 36.6 Å². The van der Waals surface area contributed by atoms with Crippen LogP contribution in [0.2, 0.25) is 0 Å². The zero-order valence-corrected chi connectivity index (χ0v) is 17.0. The normalized spacial score (nSPS) is 11.3. The summed E-state index contributed by atoms with van der Waals surface area (Å²) in [5, 5.41) is 3.30. The number of hydrogen-bond donors (Lipinski definition) is 0. The lowest BCUT2D eigenvalue weighted by atomic mass is 10.2. The number of fused-ring (bicyclic) bond motifs is 1. The highest BCUT2D eigenvalue weighted by molar-refractivity contribution is 9.10. The summed E-state index contributed by atoms with van der Waals surface area (Å²) in [5.41, 5.74) is 1.50. The maximum Gasteiger partial charge on any atom is 0.262 e. The van der Waals surface area contributed by atoms with Gasteiger partial charge in [-0.15, -0.1) is 11.3 Å². The monoisotopic (exact) mass is 447 g/mol. The molecule has 0 radical (unpaired) electrons. The van der Waals surface area contributed by atoms with Crippen LogP contribution in [-0.2, 0) is 12.3 Å². The third kappa shape index (κ3) is 3.36. The molecular formula is C18H14BrN3O2S2. The second-order valence-corrected chi connectivity index (χ2v) is 8.32. The van der Waals surface area contributed by atoms with E-state index < -0.39 is 0 Å². The summed E-state index contributed by atoms with van der Waals surface area (Å²) in [6.07, 6.45) is 1.66. The van der Waals surface area contributed by atoms with Crippen molar-refractivity contribution in [3.8, 4) is 10.8 Å². The first-order valence-corrected chi connectivity index (χ1v) is 10.6. The quantitative estimate of drug-likeness (QED) is 0.311. The highest BCUT2D eigenvalue weighted by atomic mass is 79.9. The molecule has 0 saturated carbocycles. The van der Waals surface area contributed by atoms with Gasteiger partial charge in [0.1, 0.15) is 6.26 Å². The van der Waals surface area contributed by atoms with E-state index in [0.29, 0.717) is 34.2 Å². The number of rotatable bonds is 5. The summed E-state index contributed by atoms with van der Waals surface area (Å²) >= 11 is 6.49. The number of hydrogen-bond acceptors (Lipinski definition) is 6. The van der Waals surface area contributed by atoms with Crippen LogP contribution in [-0.4, -0.2) is 14.5 Å². The maximum absolute atomic E-state index is 12.8. The Morgan fingerprint density at radius 1 is 1.31 bits per heavy atom. The molecule has 26 heavy (non-hydrogen) atoms. The Hall–Kier alpha value is -1.90. The molecule has 5 nitrogen and oxygen atoms in total. The van der Waals surface area contributed by atoms with Crippen LogP contribution >= 0.6 is 39.0 Å². The Morgan fingerprint density at radius 3 is 2.96 bits per heavy atom. The van der Waals surface area contributed by atoms with Gasteiger partial charge >= 0.3 is 0 Å². The molecule has 0 amide bonds. The van der Waals surface area contributed by atoms with E-state index in [-0.39, 0.29) is 5.56 Å². The molecule has 3 heterocycles. The first-order valence-electron chi connectivity index (χ1n) is 7.97. The molecule has 0 atom stereocenters. The third-order valence-corrected chi connectivity index (χ3v) is 6.19. The second kappa shape index (κ2) is 7.38. The Morgan fingerprint density at radius 2 is 2.19 bits per heavy atom. The van der Waals surface area contributed by atoms with Crippen LogP contribution in [0.15, 0.2) is 60.8 Å². The molecule has 3 aromatic heterocycles. The van der Waals surface area contributed by atoms with Crippen LogP contribution in [0.1, 0.15) is 12.6 Å². The number of oxazole rings is 1. The number of halogens is 1. The van der Waals surface area contributed by atoms with Gasteiger partial charge in [-0.2, -0.15) is 0 Å². The molecule has 0 N–H and O–H groups in total. The first kappa shape index (κ1) is 17.5. The van der Waals surface area contributed by atoms with Crippen molar-refractivity contribution in [3.05, 3.63) is 62.5 Å². The number of benzene rings is 1. The summed E-state index contributed by atoms with van der Waals surface area (Å²) in [5.74, 6) is 1.21. The van der Waals surface area contributed by atoms with Crippen LogP contribution in [0.4, 0.5) is 0 Å². The summed E-state index contributed by atoms with van der Waals surface area (Å²) in [4.78, 5) is 23.0. The van der Waals surface area contributed by atoms with Crippen molar-refractivity contribution in [2.45, 2.75) is 24.4 Å². The smallest absolute Gasteiger partial charge is 0.262 e. The van der Waals surface area contributed by atoms with E-state index in [1.54, 1.807) is 22.2 Å². The van der Waals surface area contributed by atoms with Crippen molar-refractivity contribution in [2.24, 2.45) is 0 Å². The minimum absolute atomic E-state index is 0.0271. The Kier molecular flexibility index (Phi) is 4.97. The Labute approximate surface area is 166 Å². The lowest BCUT2D eigenvalue weighted by Gasteiger charge is -2.10. The fraction of sp³-hybridized carbons (Fsp3) is 0.167. The Balaban J connectivity index is 1.63. The van der Waals surface area contributed by atoms with E-state index in [0.717, 1.165) is 15.0 Å². The van der Waals surface area contributed by atoms with E-state index in [1.807, 2.05) is 42.6 Å². The molecule has 0 aliphatic heterocycles. The molecule has 0 aliphatic carbocycles. The molecule has 0 saturated heterocycles. The molecule has 0 unspecified atom stereocenters. The minimum Gasteiger partial charge on any atom is -0.444 e. The molecule has 4 rings (SSSR count). The van der Waals surface area contributed by atoms with Crippen LogP contribution < -0.4 is 5.56 Å². The third-order valence-electron chi connectivity index (χ3n) is 3.83. The van der Waals surface area contributed by atoms with Crippen molar-refractivity contribution in [3.63, 3.8) is 0 Å². The van der Waals surface area contributed by atoms with Gasteiger partial charge in [0.15, 0.2) is 5.16 Å². The standard InChI is InChI=1S/C18H14BrN3O2S2/c1-2-22-17(23)13-8-11(19)5-6-14(13)21-18(22)26-10-12-9-24-16(20-12)15-4-3-7-25-15/h3-9H,2,10H2,1H3. The van der Waals surface area contributed by atoms with E-state index in [2.05, 4.69) is 25.9 Å². The Bertz CT molecular complexity index is 1120. The van der Waals surface area contributed by atoms with Gasteiger partial charge < -0.3 is 4.42 Å². The van der Waals surface area contributed by atoms with Crippen molar-refractivity contribution in [1.29, 1.82) is 0 Å². The van der Waals surface area contributed by atoms with E-state index in [4.69, 9.17) is 4.42 Å². The number of thioether (sulfide) groups is 1. The zero-order chi connectivity index (χ0) is 18.1. The van der Waals surface area contributed by atoms with E-state index in [1.165, 1.54) is 11.8 Å². The van der Waals surface area contributed by atoms with Crippen LogP contribution in [0.25, 0.3) is 21.7 Å². The number of aromatic nitrogens is 3. The van der Waals surface area contributed by atoms with Crippen LogP contribution in [0, 0.1) is 0 Å². The van der Waals surface area contributed by atoms with E-state index in [9.17, 15) is 4.79 Å². The van der Waals surface area contributed by atoms with Gasteiger partial charge in [-0.25, -0.2) is 9.97 Å². The largest absolute Gasteiger partial charge is 0.444 e. The lowest BCUT2D eigenvalue weighted by Crippen LogP contribution is -2.22. The highest BCUT2D eigenvalue weighted by Crippen LogP contribution is 2.27. The van der Waals surface area contributed by atoms with E-state index >= 15 is 0 Å². The predicted molar refractivity (Wildman–Crippen MR) is 109 cm³/mol. The molecule has 8 heteroatoms. The summed E-state index contributed by atoms with van der Waals surface area (Å²) in [6.45, 7) is 2.51. The zero-order valence-electron chi connectivity index (χ0n) is 13.8. The molecule has 0 spiro atoms. The molecule has 132 valence electrons. The van der Waals surface area contributed by atoms with Gasteiger partial charge in [0.05, 0.1) is 21.5 Å². The topological polar surface area (TPSA) is 60.9 Å². The van der Waals surface area contributed by atoms with Gasteiger partial charge in [0.25, 0.3) is 5.56 Å². The van der Waals surface area contributed by atoms with Crippen LogP contribution in [0.5, 0.6) is 0 Å². The maximum atomic E-state index is 12.8. The average Bonchev–Trinajstić information content (AvgIpc) is 3.32. The van der Waals surface area contributed by atoms with Crippen LogP contribution in [0.3, 0.4) is 0 Å². The van der Waals surface area contributed by atoms with Gasteiger partial charge in [-0.1, -0.05) is 33.8 Å². The highest BCUT2D eigenvalue weighted by Gasteiger charge is 2.13. The summed E-state index contributed by atoms with van der Waals surface area (Å²) in [6, 6.07) is 9.51. The molecule has 0 fully saturated rings. The minimum atomic E-state index is -0.0271. The van der Waals surface area contributed by atoms with Crippen molar-refractivity contribution >= 4 is 49.9 Å². The van der Waals surface area contributed by atoms with Gasteiger partial charge in [0, 0.05) is 16.8 Å². The van der Waals surface area contributed by atoms with Crippen molar-refractivity contribution in [2.75, 3.05) is 0 Å². The SMILES string of the molecule is CCn1c(SCc2coc(-c3cccs3)n2)nc2ccc(Br)cc2c1=O. The fourth-order valence-corrected chi connectivity index (χ4v) is 4.54. The van der Waals surface area contributed by atoms with Gasteiger partial charge in [-0.3, -0.25) is 9.36 Å². The fourth-order valence-electron chi connectivity index (χ4n) is 2.59. The summed E-state index contributed by atoms with van der Waals surface area (Å²) in [7, 11) is 0. The number of nitrogens with zero attached hydrogens (tertiary/aromatic N) is 3. The van der Waals surface area contributed by atoms with Gasteiger partial charge in [0.2, 0.25) is 5.89 Å². The second-order valence-electron chi connectivity index (χ2n) is 5.52. The lowest BCUT2D eigenvalue weighted by molar-refractivity contribution is 0.575. The molecule has 1 aromatic carbocycles. The molecule has 4 aromatic rings. The number of thiophene rings is 1. The molecular weight excluding hydrogens is 434 g/mol. The van der Waals surface area contributed by atoms with Crippen molar-refractivity contribution < 1.29 is 4.42 Å². The summed E-state index contributed by atoms with van der Waals surface area (Å²) < 4.78 is 8.12. The molecule has 0 aliphatic rings.